The van der Waals surface area contributed by atoms with Crippen LogP contribution in [-0.2, 0) is 13.6 Å². The van der Waals surface area contributed by atoms with Crippen LogP contribution in [-0.4, -0.2) is 55.0 Å². The van der Waals surface area contributed by atoms with Gasteiger partial charge < -0.3 is 18.9 Å². The third-order valence-corrected chi connectivity index (χ3v) is 17.9. The fourth-order valence-corrected chi connectivity index (χ4v) is 6.57. The van der Waals surface area contributed by atoms with Crippen LogP contribution in [0.4, 0.5) is 11.5 Å². The number of aromatic nitrogens is 4. The van der Waals surface area contributed by atoms with Gasteiger partial charge in [0.1, 0.15) is 18.7 Å². The molecule has 3 heterocycles. The summed E-state index contributed by atoms with van der Waals surface area (Å²) in [5, 5.41) is 3.66. The molecule has 0 bridgehead atoms. The van der Waals surface area contributed by atoms with E-state index in [2.05, 4.69) is 96.0 Å². The minimum atomic E-state index is -2.03. The molecule has 214 valence electrons. The number of benzene rings is 1. The first-order valence-corrected chi connectivity index (χ1v) is 19.8. The van der Waals surface area contributed by atoms with Gasteiger partial charge in [0, 0.05) is 12.1 Å². The molecule has 10 heteroatoms. The Kier molecular flexibility index (Phi) is 8.19. The highest BCUT2D eigenvalue weighted by Gasteiger charge is 2.46. The lowest BCUT2D eigenvalue weighted by Crippen LogP contribution is -2.48. The number of hydrogen-bond donors (Lipinski definition) is 1. The first kappa shape index (κ1) is 29.9. The van der Waals surface area contributed by atoms with Crippen LogP contribution in [0.2, 0.25) is 36.3 Å². The number of imidazole rings is 1. The molecule has 1 aromatic carbocycles. The predicted octanol–water partition coefficient (Wildman–Crippen LogP) is 7.58. The predicted molar refractivity (Wildman–Crippen MR) is 164 cm³/mol. The molecular weight excluding hydrogens is 523 g/mol. The van der Waals surface area contributed by atoms with Gasteiger partial charge in [-0.15, -0.1) is 0 Å². The first-order valence-electron chi connectivity index (χ1n) is 14.0. The Hall–Kier alpha value is -2.12. The van der Waals surface area contributed by atoms with Crippen LogP contribution in [0.15, 0.2) is 36.9 Å². The van der Waals surface area contributed by atoms with E-state index < -0.39 is 16.6 Å². The van der Waals surface area contributed by atoms with Crippen molar-refractivity contribution in [2.75, 3.05) is 11.9 Å². The Morgan fingerprint density at radius 2 is 1.64 bits per heavy atom. The molecule has 4 rings (SSSR count). The van der Waals surface area contributed by atoms with Gasteiger partial charge in [-0.25, -0.2) is 15.0 Å². The maximum absolute atomic E-state index is 6.95. The van der Waals surface area contributed by atoms with Crippen molar-refractivity contribution in [2.24, 2.45) is 0 Å². The van der Waals surface area contributed by atoms with Crippen LogP contribution < -0.4 is 5.32 Å². The average Bonchev–Trinajstić information content (AvgIpc) is 3.42. The second-order valence-corrected chi connectivity index (χ2v) is 23.4. The number of nitrogens with zero attached hydrogens (tertiary/aromatic N) is 4. The van der Waals surface area contributed by atoms with Crippen LogP contribution in [0.1, 0.15) is 59.8 Å². The van der Waals surface area contributed by atoms with Crippen molar-refractivity contribution in [2.45, 2.75) is 110 Å². The molecule has 1 aliphatic rings. The maximum atomic E-state index is 6.95. The van der Waals surface area contributed by atoms with Crippen LogP contribution >= 0.6 is 0 Å². The number of aryl methyl sites for hydroxylation is 1. The zero-order valence-corrected chi connectivity index (χ0v) is 27.6. The molecule has 1 N–H and O–H groups in total. The summed E-state index contributed by atoms with van der Waals surface area (Å²) in [6.07, 6.45) is 3.63. The third kappa shape index (κ3) is 6.30. The van der Waals surface area contributed by atoms with E-state index in [0.717, 1.165) is 16.9 Å². The molecule has 2 aromatic heterocycles. The van der Waals surface area contributed by atoms with Crippen LogP contribution in [0.3, 0.4) is 0 Å². The number of fused-ring (bicyclic) bond motifs is 1. The molecular formula is C29H47N5O3Si2. The van der Waals surface area contributed by atoms with Gasteiger partial charge in [-0.1, -0.05) is 59.7 Å². The molecule has 0 spiro atoms. The summed E-state index contributed by atoms with van der Waals surface area (Å²) in [7, 11) is -3.98. The van der Waals surface area contributed by atoms with Crippen LogP contribution in [0.25, 0.3) is 11.2 Å². The van der Waals surface area contributed by atoms with Crippen molar-refractivity contribution in [3.8, 4) is 0 Å². The van der Waals surface area contributed by atoms with Gasteiger partial charge in [-0.05, 0) is 54.8 Å². The minimum Gasteiger partial charge on any atom is -0.414 e. The fraction of sp³-hybridized carbons (Fsp3) is 0.621. The van der Waals surface area contributed by atoms with Crippen molar-refractivity contribution in [1.82, 2.24) is 19.5 Å². The molecule has 1 fully saturated rings. The van der Waals surface area contributed by atoms with E-state index in [4.69, 9.17) is 18.6 Å². The van der Waals surface area contributed by atoms with Gasteiger partial charge in [0.2, 0.25) is 0 Å². The van der Waals surface area contributed by atoms with E-state index >= 15 is 0 Å². The number of anilines is 2. The van der Waals surface area contributed by atoms with Gasteiger partial charge in [-0.3, -0.25) is 4.57 Å². The normalized spacial score (nSPS) is 21.1. The lowest BCUT2D eigenvalue weighted by molar-refractivity contribution is -0.0383. The number of rotatable bonds is 8. The standard InChI is InChI=1S/C29H47N5O3Si2/c1-20-14-12-13-15-21(20)33-26-25-27(31-18-30-26)34(19-32-25)24-16-22(37-39(10,11)29(5,6)7)23(36-24)17-35-38(8,9)28(2,3)4/h12-15,18-19,22-24H,16-17H2,1-11H3,(H,30,31,33). The first-order chi connectivity index (χ1) is 18.0. The fourth-order valence-electron chi connectivity index (χ4n) is 4.20. The van der Waals surface area contributed by atoms with E-state index in [1.807, 2.05) is 29.1 Å². The molecule has 3 aromatic rings. The SMILES string of the molecule is Cc1ccccc1Nc1ncnc2c1ncn2C1CC(O[Si](C)(C)C(C)(C)C)C(CO[Si](C)(C)C(C)(C)C)O1. The van der Waals surface area contributed by atoms with Gasteiger partial charge >= 0.3 is 0 Å². The number of ether oxygens (including phenoxy) is 1. The van der Waals surface area contributed by atoms with Crippen molar-refractivity contribution in [3.63, 3.8) is 0 Å². The molecule has 0 aliphatic carbocycles. The highest BCUT2D eigenvalue weighted by molar-refractivity contribution is 6.74. The van der Waals surface area contributed by atoms with E-state index in [9.17, 15) is 0 Å². The molecule has 0 radical (unpaired) electrons. The summed E-state index contributed by atoms with van der Waals surface area (Å²) in [6.45, 7) is 25.4. The van der Waals surface area contributed by atoms with Crippen LogP contribution in [0, 0.1) is 6.92 Å². The summed E-state index contributed by atoms with van der Waals surface area (Å²) >= 11 is 0. The molecule has 0 saturated carbocycles. The van der Waals surface area contributed by atoms with Gasteiger partial charge in [0.05, 0.1) is 19.0 Å². The zero-order chi connectivity index (χ0) is 28.8. The number of para-hydroxylation sites is 1. The molecule has 3 atom stereocenters. The lowest BCUT2D eigenvalue weighted by Gasteiger charge is -2.40. The van der Waals surface area contributed by atoms with Gasteiger partial charge in [0.15, 0.2) is 33.6 Å². The largest absolute Gasteiger partial charge is 0.414 e. The number of nitrogens with one attached hydrogen (secondary N) is 1. The highest BCUT2D eigenvalue weighted by Crippen LogP contribution is 2.43. The van der Waals surface area contributed by atoms with E-state index in [-0.39, 0.29) is 28.5 Å². The smallest absolute Gasteiger partial charge is 0.192 e. The van der Waals surface area contributed by atoms with E-state index in [0.29, 0.717) is 24.4 Å². The third-order valence-electron chi connectivity index (χ3n) is 8.91. The Morgan fingerprint density at radius 3 is 2.28 bits per heavy atom. The lowest BCUT2D eigenvalue weighted by atomic mass is 10.2. The van der Waals surface area contributed by atoms with E-state index in [1.54, 1.807) is 6.33 Å². The molecule has 39 heavy (non-hydrogen) atoms. The molecule has 3 unspecified atom stereocenters. The number of hydrogen-bond acceptors (Lipinski definition) is 7. The summed E-state index contributed by atoms with van der Waals surface area (Å²) in [4.78, 5) is 13.8. The van der Waals surface area contributed by atoms with Crippen molar-refractivity contribution < 1.29 is 13.6 Å². The summed E-state index contributed by atoms with van der Waals surface area (Å²) in [5.41, 5.74) is 3.59. The topological polar surface area (TPSA) is 83.3 Å². The average molecular weight is 570 g/mol. The zero-order valence-electron chi connectivity index (χ0n) is 25.6. The Bertz CT molecular complexity index is 1300. The summed E-state index contributed by atoms with van der Waals surface area (Å²) < 4.78 is 22.3. The van der Waals surface area contributed by atoms with Gasteiger partial charge in [0.25, 0.3) is 0 Å². The monoisotopic (exact) mass is 569 g/mol. The highest BCUT2D eigenvalue weighted by atomic mass is 28.4. The van der Waals surface area contributed by atoms with Crippen molar-refractivity contribution >= 4 is 39.3 Å². The van der Waals surface area contributed by atoms with Crippen molar-refractivity contribution in [3.05, 3.63) is 42.5 Å². The Labute approximate surface area is 236 Å². The Morgan fingerprint density at radius 1 is 0.974 bits per heavy atom. The molecule has 0 amide bonds. The molecule has 8 nitrogen and oxygen atoms in total. The molecule has 1 saturated heterocycles. The quantitative estimate of drug-likeness (QED) is 0.280. The second-order valence-electron chi connectivity index (χ2n) is 13.8. The van der Waals surface area contributed by atoms with E-state index in [1.165, 1.54) is 0 Å². The van der Waals surface area contributed by atoms with Gasteiger partial charge in [-0.2, -0.15) is 0 Å². The summed E-state index contributed by atoms with van der Waals surface area (Å²) in [6, 6.07) is 8.14. The minimum absolute atomic E-state index is 0.0653. The van der Waals surface area contributed by atoms with Crippen molar-refractivity contribution in [1.29, 1.82) is 0 Å². The second kappa shape index (κ2) is 10.7. The molecule has 1 aliphatic heterocycles. The van der Waals surface area contributed by atoms with Crippen LogP contribution in [0.5, 0.6) is 0 Å². The Balaban J connectivity index is 1.62. The summed E-state index contributed by atoms with van der Waals surface area (Å²) in [5.74, 6) is 0.679. The maximum Gasteiger partial charge on any atom is 0.192 e.